The Morgan fingerprint density at radius 2 is 1.92 bits per heavy atom. The SMILES string of the molecule is COC1CC(N(C)C(=O)Cc2ccc(Cl)c(Cl)c2)CC2(c3cccc(OC(C)=O)c3)CCN(CC3CC3)CC12. The van der Waals surface area contributed by atoms with Crippen LogP contribution < -0.4 is 4.74 Å². The maximum atomic E-state index is 13.5. The zero-order valence-corrected chi connectivity index (χ0v) is 24.5. The average Bonchev–Trinajstić information content (AvgIpc) is 3.73. The van der Waals surface area contributed by atoms with Crippen LogP contribution >= 0.6 is 23.2 Å². The van der Waals surface area contributed by atoms with Crippen LogP contribution in [-0.4, -0.2) is 67.6 Å². The molecule has 0 bridgehead atoms. The summed E-state index contributed by atoms with van der Waals surface area (Å²) in [4.78, 5) is 29.7. The molecule has 2 aromatic rings. The Labute approximate surface area is 241 Å². The van der Waals surface area contributed by atoms with Crippen molar-refractivity contribution in [2.75, 3.05) is 33.8 Å². The number of fused-ring (bicyclic) bond motifs is 1. The molecule has 1 amide bonds. The normalized spacial score (nSPS) is 27.1. The van der Waals surface area contributed by atoms with Gasteiger partial charge in [-0.15, -0.1) is 0 Å². The second-order valence-corrected chi connectivity index (χ2v) is 12.4. The molecule has 4 unspecified atom stereocenters. The number of likely N-dealkylation sites (tertiary alicyclic amines) is 1. The Balaban J connectivity index is 1.44. The molecule has 1 aliphatic heterocycles. The van der Waals surface area contributed by atoms with E-state index in [4.69, 9.17) is 32.7 Å². The predicted octanol–water partition coefficient (Wildman–Crippen LogP) is 5.77. The second-order valence-electron chi connectivity index (χ2n) is 11.6. The summed E-state index contributed by atoms with van der Waals surface area (Å²) in [5.41, 5.74) is 1.81. The topological polar surface area (TPSA) is 59.1 Å². The minimum absolute atomic E-state index is 0.00311. The summed E-state index contributed by atoms with van der Waals surface area (Å²) >= 11 is 12.3. The van der Waals surface area contributed by atoms with Crippen LogP contribution in [0.15, 0.2) is 42.5 Å². The van der Waals surface area contributed by atoms with Crippen LogP contribution in [0.25, 0.3) is 0 Å². The number of methoxy groups -OCH3 is 1. The van der Waals surface area contributed by atoms with Gasteiger partial charge < -0.3 is 19.3 Å². The van der Waals surface area contributed by atoms with Crippen LogP contribution in [0.4, 0.5) is 0 Å². The van der Waals surface area contributed by atoms with E-state index in [0.717, 1.165) is 55.9 Å². The summed E-state index contributed by atoms with van der Waals surface area (Å²) < 4.78 is 11.7. The lowest BCUT2D eigenvalue weighted by Gasteiger charge is -2.56. The van der Waals surface area contributed by atoms with Crippen molar-refractivity contribution in [3.05, 3.63) is 63.6 Å². The monoisotopic (exact) mass is 572 g/mol. The number of piperidine rings is 1. The van der Waals surface area contributed by atoms with Crippen molar-refractivity contribution in [1.82, 2.24) is 9.80 Å². The zero-order chi connectivity index (χ0) is 27.7. The van der Waals surface area contributed by atoms with Crippen LogP contribution in [0.3, 0.4) is 0 Å². The van der Waals surface area contributed by atoms with Gasteiger partial charge in [-0.05, 0) is 80.0 Å². The molecule has 1 saturated heterocycles. The van der Waals surface area contributed by atoms with Gasteiger partial charge in [-0.2, -0.15) is 0 Å². The first-order valence-corrected chi connectivity index (χ1v) is 14.7. The molecule has 0 N–H and O–H groups in total. The summed E-state index contributed by atoms with van der Waals surface area (Å²) in [6.07, 6.45) is 5.52. The molecule has 0 spiro atoms. The van der Waals surface area contributed by atoms with Crippen molar-refractivity contribution in [1.29, 1.82) is 0 Å². The third-order valence-electron chi connectivity index (χ3n) is 9.06. The summed E-state index contributed by atoms with van der Waals surface area (Å²) in [6, 6.07) is 13.4. The number of ether oxygens (including phenoxy) is 2. The van der Waals surface area contributed by atoms with Crippen molar-refractivity contribution in [2.24, 2.45) is 11.8 Å². The molecule has 3 aliphatic rings. The number of carbonyl (C=O) groups is 2. The number of carbonyl (C=O) groups excluding carboxylic acids is 2. The first-order valence-electron chi connectivity index (χ1n) is 13.9. The highest BCUT2D eigenvalue weighted by Crippen LogP contribution is 2.51. The van der Waals surface area contributed by atoms with Crippen molar-refractivity contribution in [3.63, 3.8) is 0 Å². The number of esters is 1. The van der Waals surface area contributed by atoms with Crippen LogP contribution in [0.2, 0.25) is 10.0 Å². The van der Waals surface area contributed by atoms with Gasteiger partial charge in [0.2, 0.25) is 5.91 Å². The molecule has 3 fully saturated rings. The van der Waals surface area contributed by atoms with Crippen molar-refractivity contribution in [2.45, 2.75) is 63.0 Å². The number of rotatable bonds is 8. The van der Waals surface area contributed by atoms with E-state index in [2.05, 4.69) is 11.0 Å². The van der Waals surface area contributed by atoms with Gasteiger partial charge in [0.25, 0.3) is 0 Å². The molecule has 8 heteroatoms. The highest BCUT2D eigenvalue weighted by atomic mass is 35.5. The Morgan fingerprint density at radius 1 is 1.13 bits per heavy atom. The largest absolute Gasteiger partial charge is 0.427 e. The van der Waals surface area contributed by atoms with E-state index < -0.39 is 0 Å². The molecule has 0 radical (unpaired) electrons. The number of nitrogens with zero attached hydrogens (tertiary/aromatic N) is 2. The Kier molecular flexibility index (Phi) is 8.58. The van der Waals surface area contributed by atoms with E-state index in [-0.39, 0.29) is 41.8 Å². The second kappa shape index (κ2) is 11.8. The Hall–Kier alpha value is -2.12. The van der Waals surface area contributed by atoms with Gasteiger partial charge in [0.15, 0.2) is 0 Å². The van der Waals surface area contributed by atoms with Crippen LogP contribution in [0, 0.1) is 11.8 Å². The zero-order valence-electron chi connectivity index (χ0n) is 23.0. The maximum absolute atomic E-state index is 13.5. The van der Waals surface area contributed by atoms with Gasteiger partial charge in [0.05, 0.1) is 22.6 Å². The number of amides is 1. The quantitative estimate of drug-likeness (QED) is 0.297. The van der Waals surface area contributed by atoms with Crippen LogP contribution in [0.1, 0.15) is 50.2 Å². The first kappa shape index (κ1) is 28.4. The molecule has 39 heavy (non-hydrogen) atoms. The van der Waals surface area contributed by atoms with E-state index in [1.54, 1.807) is 19.2 Å². The van der Waals surface area contributed by atoms with Crippen molar-refractivity contribution in [3.8, 4) is 5.75 Å². The lowest BCUT2D eigenvalue weighted by Crippen LogP contribution is -2.61. The van der Waals surface area contributed by atoms with Crippen LogP contribution in [-0.2, 0) is 26.2 Å². The number of hydrogen-bond acceptors (Lipinski definition) is 5. The fourth-order valence-corrected chi connectivity index (χ4v) is 7.12. The molecule has 0 aromatic heterocycles. The van der Waals surface area contributed by atoms with Crippen LogP contribution in [0.5, 0.6) is 5.75 Å². The third-order valence-corrected chi connectivity index (χ3v) is 9.80. The van der Waals surface area contributed by atoms with E-state index in [0.29, 0.717) is 15.8 Å². The molecule has 5 rings (SSSR count). The molecule has 210 valence electrons. The summed E-state index contributed by atoms with van der Waals surface area (Å²) in [7, 11) is 3.70. The lowest BCUT2D eigenvalue weighted by atomic mass is 9.56. The number of halogens is 2. The first-order chi connectivity index (χ1) is 18.7. The minimum Gasteiger partial charge on any atom is -0.427 e. The number of hydrogen-bond donors (Lipinski definition) is 0. The summed E-state index contributed by atoms with van der Waals surface area (Å²) in [5, 5.41) is 0.933. The maximum Gasteiger partial charge on any atom is 0.308 e. The number of benzene rings is 2. The molecule has 2 aliphatic carbocycles. The van der Waals surface area contributed by atoms with Gasteiger partial charge >= 0.3 is 5.97 Å². The fraction of sp³-hybridized carbons (Fsp3) is 0.548. The summed E-state index contributed by atoms with van der Waals surface area (Å²) in [6.45, 7) is 4.56. The summed E-state index contributed by atoms with van der Waals surface area (Å²) in [5.74, 6) is 1.38. The van der Waals surface area contributed by atoms with Gasteiger partial charge in [-0.3, -0.25) is 9.59 Å². The molecule has 6 nitrogen and oxygen atoms in total. The van der Waals surface area contributed by atoms with Gasteiger partial charge in [-0.1, -0.05) is 41.4 Å². The Bertz CT molecular complexity index is 1220. The van der Waals surface area contributed by atoms with E-state index in [1.165, 1.54) is 19.8 Å². The molecule has 4 atom stereocenters. The molecular formula is C31H38Cl2N2O4. The van der Waals surface area contributed by atoms with Gasteiger partial charge in [0.1, 0.15) is 5.75 Å². The number of likely N-dealkylation sites (N-methyl/N-ethyl adjacent to an activating group) is 1. The van der Waals surface area contributed by atoms with Gasteiger partial charge in [-0.25, -0.2) is 0 Å². The smallest absolute Gasteiger partial charge is 0.308 e. The highest BCUT2D eigenvalue weighted by Gasteiger charge is 2.53. The lowest BCUT2D eigenvalue weighted by molar-refractivity contribution is -0.137. The molecule has 2 saturated carbocycles. The highest BCUT2D eigenvalue weighted by molar-refractivity contribution is 6.42. The van der Waals surface area contributed by atoms with E-state index in [9.17, 15) is 9.59 Å². The predicted molar refractivity (Wildman–Crippen MR) is 153 cm³/mol. The van der Waals surface area contributed by atoms with E-state index in [1.807, 2.05) is 36.2 Å². The Morgan fingerprint density at radius 3 is 2.62 bits per heavy atom. The molecule has 2 aromatic carbocycles. The third kappa shape index (κ3) is 6.30. The van der Waals surface area contributed by atoms with E-state index >= 15 is 0 Å². The standard InChI is InChI=1S/C31H38Cl2N2O4/c1-20(36)39-25-6-4-5-23(15-25)31-11-12-35(18-21-7-8-21)19-26(31)29(38-3)16-24(17-31)34(2)30(37)14-22-9-10-27(32)28(33)13-22/h4-6,9-10,13,15,21,24,26,29H,7-8,11-12,14,16-19H2,1-3H3. The molecular weight excluding hydrogens is 535 g/mol. The van der Waals surface area contributed by atoms with Crippen molar-refractivity contribution >= 4 is 35.1 Å². The van der Waals surface area contributed by atoms with Gasteiger partial charge in [0, 0.05) is 51.5 Å². The average molecular weight is 574 g/mol. The fourth-order valence-electron chi connectivity index (χ4n) is 6.80. The molecule has 1 heterocycles. The minimum atomic E-state index is -0.329. The van der Waals surface area contributed by atoms with Crippen molar-refractivity contribution < 1.29 is 19.1 Å².